The number of benzene rings is 1. The molecule has 3 nitrogen and oxygen atoms in total. The molecule has 3 N–H and O–H groups in total. The first-order chi connectivity index (χ1) is 9.69. The first-order valence-corrected chi connectivity index (χ1v) is 7.77. The number of amides is 1. The second-order valence-corrected chi connectivity index (χ2v) is 5.92. The molecule has 20 heavy (non-hydrogen) atoms. The number of carbonyl (C=O) groups excluding carboxylic acids is 1. The van der Waals surface area contributed by atoms with Crippen molar-refractivity contribution >= 4 is 5.91 Å². The lowest BCUT2D eigenvalue weighted by molar-refractivity contribution is -0.122. The molecular formula is C17H26N2O. The molecule has 1 unspecified atom stereocenters. The van der Waals surface area contributed by atoms with E-state index in [2.05, 4.69) is 5.32 Å². The summed E-state index contributed by atoms with van der Waals surface area (Å²) in [5, 5.41) is 3.09. The largest absolute Gasteiger partial charge is 0.350 e. The number of nitrogens with two attached hydrogens (primary N) is 1. The second-order valence-electron chi connectivity index (χ2n) is 5.92. The van der Waals surface area contributed by atoms with Gasteiger partial charge in [-0.1, -0.05) is 49.9 Å². The van der Waals surface area contributed by atoms with E-state index in [-0.39, 0.29) is 11.9 Å². The summed E-state index contributed by atoms with van der Waals surface area (Å²) >= 11 is 0. The van der Waals surface area contributed by atoms with Crippen molar-refractivity contribution in [3.8, 4) is 0 Å². The molecule has 0 spiro atoms. The van der Waals surface area contributed by atoms with Crippen LogP contribution in [0.15, 0.2) is 24.3 Å². The summed E-state index contributed by atoms with van der Waals surface area (Å²) in [6.07, 6.45) is 7.01. The Labute approximate surface area is 121 Å². The Morgan fingerprint density at radius 1 is 1.30 bits per heavy atom. The van der Waals surface area contributed by atoms with E-state index >= 15 is 0 Å². The van der Waals surface area contributed by atoms with Crippen LogP contribution in [0.3, 0.4) is 0 Å². The molecule has 0 heterocycles. The normalized spacial score (nSPS) is 17.1. The lowest BCUT2D eigenvalue weighted by atomic mass is 10.0. The van der Waals surface area contributed by atoms with Crippen LogP contribution < -0.4 is 11.1 Å². The summed E-state index contributed by atoms with van der Waals surface area (Å²) in [6, 6.07) is 8.21. The quantitative estimate of drug-likeness (QED) is 0.836. The SMILES string of the molecule is CC(NC(=O)CCC1CCCC1)c1ccc(CN)cc1. The van der Waals surface area contributed by atoms with Gasteiger partial charge in [0.1, 0.15) is 0 Å². The van der Waals surface area contributed by atoms with Gasteiger partial charge in [-0.25, -0.2) is 0 Å². The van der Waals surface area contributed by atoms with E-state index in [1.54, 1.807) is 0 Å². The molecule has 2 rings (SSSR count). The Morgan fingerprint density at radius 2 is 1.95 bits per heavy atom. The summed E-state index contributed by atoms with van der Waals surface area (Å²) in [5.41, 5.74) is 7.84. The van der Waals surface area contributed by atoms with Crippen LogP contribution in [0.25, 0.3) is 0 Å². The van der Waals surface area contributed by atoms with Crippen molar-refractivity contribution in [3.63, 3.8) is 0 Å². The Hall–Kier alpha value is -1.35. The standard InChI is InChI=1S/C17H26N2O/c1-13(16-9-6-15(12-18)7-10-16)19-17(20)11-8-14-4-2-3-5-14/h6-7,9-10,13-14H,2-5,8,11-12,18H2,1H3,(H,19,20). The molecule has 0 saturated heterocycles. The van der Waals surface area contributed by atoms with Crippen molar-refractivity contribution in [1.82, 2.24) is 5.32 Å². The fourth-order valence-electron chi connectivity index (χ4n) is 2.97. The summed E-state index contributed by atoms with van der Waals surface area (Å²) in [5.74, 6) is 0.951. The number of hydrogen-bond donors (Lipinski definition) is 2. The van der Waals surface area contributed by atoms with Crippen molar-refractivity contribution in [3.05, 3.63) is 35.4 Å². The third-order valence-electron chi connectivity index (χ3n) is 4.35. The van der Waals surface area contributed by atoms with E-state index < -0.39 is 0 Å². The van der Waals surface area contributed by atoms with Crippen LogP contribution in [0.4, 0.5) is 0 Å². The summed E-state index contributed by atoms with van der Waals surface area (Å²) in [4.78, 5) is 12.0. The summed E-state index contributed by atoms with van der Waals surface area (Å²) < 4.78 is 0. The average Bonchev–Trinajstić information content (AvgIpc) is 2.98. The fourth-order valence-corrected chi connectivity index (χ4v) is 2.97. The van der Waals surface area contributed by atoms with Crippen LogP contribution in [0.1, 0.15) is 62.6 Å². The van der Waals surface area contributed by atoms with Gasteiger partial charge in [-0.15, -0.1) is 0 Å². The van der Waals surface area contributed by atoms with Crippen molar-refractivity contribution < 1.29 is 4.79 Å². The average molecular weight is 274 g/mol. The molecule has 1 saturated carbocycles. The van der Waals surface area contributed by atoms with Gasteiger partial charge in [0.15, 0.2) is 0 Å². The smallest absolute Gasteiger partial charge is 0.220 e. The number of nitrogens with one attached hydrogen (secondary N) is 1. The topological polar surface area (TPSA) is 55.1 Å². The highest BCUT2D eigenvalue weighted by molar-refractivity contribution is 5.76. The number of hydrogen-bond acceptors (Lipinski definition) is 2. The third kappa shape index (κ3) is 4.34. The Kier molecular flexibility index (Phi) is 5.60. The van der Waals surface area contributed by atoms with Crippen molar-refractivity contribution in [2.45, 2.75) is 58.0 Å². The third-order valence-corrected chi connectivity index (χ3v) is 4.35. The maximum absolute atomic E-state index is 12.0. The number of carbonyl (C=O) groups is 1. The van der Waals surface area contributed by atoms with Gasteiger partial charge in [0.2, 0.25) is 5.91 Å². The van der Waals surface area contributed by atoms with E-state index in [0.717, 1.165) is 23.5 Å². The molecule has 0 aromatic heterocycles. The lowest BCUT2D eigenvalue weighted by Crippen LogP contribution is -2.26. The maximum atomic E-state index is 12.0. The van der Waals surface area contributed by atoms with Crippen LogP contribution in [0, 0.1) is 5.92 Å². The van der Waals surface area contributed by atoms with E-state index in [4.69, 9.17) is 5.73 Å². The van der Waals surface area contributed by atoms with Crippen LogP contribution >= 0.6 is 0 Å². The van der Waals surface area contributed by atoms with Gasteiger partial charge in [0.05, 0.1) is 6.04 Å². The molecule has 1 fully saturated rings. The molecule has 0 bridgehead atoms. The molecule has 1 amide bonds. The van der Waals surface area contributed by atoms with E-state index in [1.807, 2.05) is 31.2 Å². The van der Waals surface area contributed by atoms with Gasteiger partial charge in [0, 0.05) is 13.0 Å². The van der Waals surface area contributed by atoms with Crippen LogP contribution in [-0.4, -0.2) is 5.91 Å². The predicted molar refractivity (Wildman–Crippen MR) is 82.1 cm³/mol. The minimum atomic E-state index is 0.0675. The molecule has 0 radical (unpaired) electrons. The molecule has 3 heteroatoms. The lowest BCUT2D eigenvalue weighted by Gasteiger charge is -2.16. The molecular weight excluding hydrogens is 248 g/mol. The van der Waals surface area contributed by atoms with Crippen molar-refractivity contribution in [1.29, 1.82) is 0 Å². The van der Waals surface area contributed by atoms with Gasteiger partial charge in [0.25, 0.3) is 0 Å². The van der Waals surface area contributed by atoms with E-state index in [1.165, 1.54) is 25.7 Å². The van der Waals surface area contributed by atoms with Gasteiger partial charge < -0.3 is 11.1 Å². The zero-order valence-corrected chi connectivity index (χ0v) is 12.4. The second kappa shape index (κ2) is 7.44. The van der Waals surface area contributed by atoms with Crippen LogP contribution in [0.5, 0.6) is 0 Å². The summed E-state index contributed by atoms with van der Waals surface area (Å²) in [6.45, 7) is 2.59. The van der Waals surface area contributed by atoms with Crippen LogP contribution in [-0.2, 0) is 11.3 Å². The van der Waals surface area contributed by atoms with Crippen molar-refractivity contribution in [2.75, 3.05) is 0 Å². The van der Waals surface area contributed by atoms with E-state index in [9.17, 15) is 4.79 Å². The first kappa shape index (κ1) is 15.0. The molecule has 1 atom stereocenters. The van der Waals surface area contributed by atoms with Crippen molar-refractivity contribution in [2.24, 2.45) is 11.7 Å². The molecule has 1 aromatic carbocycles. The Morgan fingerprint density at radius 3 is 2.55 bits per heavy atom. The predicted octanol–water partition coefficient (Wildman–Crippen LogP) is 3.29. The monoisotopic (exact) mass is 274 g/mol. The van der Waals surface area contributed by atoms with Gasteiger partial charge in [-0.2, -0.15) is 0 Å². The molecule has 1 aliphatic rings. The zero-order chi connectivity index (χ0) is 14.4. The van der Waals surface area contributed by atoms with Crippen LogP contribution in [0.2, 0.25) is 0 Å². The Bertz CT molecular complexity index is 421. The number of rotatable bonds is 6. The minimum absolute atomic E-state index is 0.0675. The minimum Gasteiger partial charge on any atom is -0.350 e. The van der Waals surface area contributed by atoms with Gasteiger partial charge >= 0.3 is 0 Å². The molecule has 1 aliphatic carbocycles. The van der Waals surface area contributed by atoms with Gasteiger partial charge in [-0.05, 0) is 30.4 Å². The highest BCUT2D eigenvalue weighted by Gasteiger charge is 2.17. The molecule has 110 valence electrons. The molecule has 1 aromatic rings. The highest BCUT2D eigenvalue weighted by atomic mass is 16.1. The fraction of sp³-hybridized carbons (Fsp3) is 0.588. The summed E-state index contributed by atoms with van der Waals surface area (Å²) in [7, 11) is 0. The molecule has 0 aliphatic heterocycles. The van der Waals surface area contributed by atoms with E-state index in [0.29, 0.717) is 13.0 Å². The van der Waals surface area contributed by atoms with Gasteiger partial charge in [-0.3, -0.25) is 4.79 Å². The Balaban J connectivity index is 1.77. The maximum Gasteiger partial charge on any atom is 0.220 e. The first-order valence-electron chi connectivity index (χ1n) is 7.77. The highest BCUT2D eigenvalue weighted by Crippen LogP contribution is 2.28. The zero-order valence-electron chi connectivity index (χ0n) is 12.4.